The Bertz CT molecular complexity index is 719. The van der Waals surface area contributed by atoms with E-state index in [1.807, 2.05) is 0 Å². The van der Waals surface area contributed by atoms with Crippen LogP contribution in [0.1, 0.15) is 10.4 Å². The van der Waals surface area contributed by atoms with Crippen LogP contribution < -0.4 is 10.2 Å². The molecular formula is C15H16F3N3O6. The van der Waals surface area contributed by atoms with Crippen molar-refractivity contribution in [3.05, 3.63) is 33.9 Å². The lowest BCUT2D eigenvalue weighted by Crippen LogP contribution is -2.38. The van der Waals surface area contributed by atoms with Gasteiger partial charge in [0.1, 0.15) is 6.54 Å². The van der Waals surface area contributed by atoms with E-state index in [-0.39, 0.29) is 11.3 Å². The Hall–Kier alpha value is -2.89. The van der Waals surface area contributed by atoms with Gasteiger partial charge in [-0.2, -0.15) is 13.2 Å². The topological polar surface area (TPSA) is 111 Å². The fourth-order valence-corrected chi connectivity index (χ4v) is 2.34. The van der Waals surface area contributed by atoms with Crippen molar-refractivity contribution in [1.82, 2.24) is 5.32 Å². The summed E-state index contributed by atoms with van der Waals surface area (Å²) in [7, 11) is 0. The molecule has 0 spiro atoms. The van der Waals surface area contributed by atoms with E-state index in [9.17, 15) is 32.9 Å². The standard InChI is InChI=1S/C15H16F3N3O6/c16-15(17,18)9-19-13(22)8-27-14(23)11-7-10(21(24)25)1-2-12(11)20-3-5-26-6-4-20/h1-2,7H,3-6,8-9H2,(H,19,22). The van der Waals surface area contributed by atoms with E-state index in [1.54, 1.807) is 10.2 Å². The second kappa shape index (κ2) is 8.66. The molecule has 1 aliphatic heterocycles. The summed E-state index contributed by atoms with van der Waals surface area (Å²) in [5.74, 6) is -2.19. The van der Waals surface area contributed by atoms with Gasteiger partial charge in [-0.1, -0.05) is 0 Å². The van der Waals surface area contributed by atoms with Gasteiger partial charge in [0, 0.05) is 25.2 Å². The zero-order valence-corrected chi connectivity index (χ0v) is 14.0. The van der Waals surface area contributed by atoms with Crippen molar-refractivity contribution in [2.75, 3.05) is 44.4 Å². The van der Waals surface area contributed by atoms with Gasteiger partial charge in [-0.3, -0.25) is 14.9 Å². The van der Waals surface area contributed by atoms with Crippen molar-refractivity contribution in [2.24, 2.45) is 0 Å². The number of esters is 1. The molecule has 1 heterocycles. The van der Waals surface area contributed by atoms with Gasteiger partial charge in [-0.05, 0) is 6.07 Å². The summed E-state index contributed by atoms with van der Waals surface area (Å²) >= 11 is 0. The fraction of sp³-hybridized carbons (Fsp3) is 0.467. The molecular weight excluding hydrogens is 375 g/mol. The minimum absolute atomic E-state index is 0.158. The maximum Gasteiger partial charge on any atom is 0.405 e. The van der Waals surface area contributed by atoms with E-state index in [2.05, 4.69) is 0 Å². The van der Waals surface area contributed by atoms with Gasteiger partial charge in [-0.15, -0.1) is 0 Å². The molecule has 1 aromatic rings. The lowest BCUT2D eigenvalue weighted by Gasteiger charge is -2.30. The smallest absolute Gasteiger partial charge is 0.405 e. The third kappa shape index (κ3) is 6.09. The van der Waals surface area contributed by atoms with Gasteiger partial charge in [0.25, 0.3) is 11.6 Å². The molecule has 1 amide bonds. The Morgan fingerprint density at radius 2 is 1.96 bits per heavy atom. The number of nitro benzene ring substituents is 1. The average Bonchev–Trinajstić information content (AvgIpc) is 2.64. The number of alkyl halides is 3. The quantitative estimate of drug-likeness (QED) is 0.442. The summed E-state index contributed by atoms with van der Waals surface area (Å²) < 4.78 is 46.1. The molecule has 27 heavy (non-hydrogen) atoms. The molecule has 1 aliphatic rings. The normalized spacial score (nSPS) is 14.6. The van der Waals surface area contributed by atoms with Crippen molar-refractivity contribution >= 4 is 23.3 Å². The third-order valence-corrected chi connectivity index (χ3v) is 3.58. The van der Waals surface area contributed by atoms with Crippen molar-refractivity contribution in [3.8, 4) is 0 Å². The van der Waals surface area contributed by atoms with Crippen LogP contribution >= 0.6 is 0 Å². The molecule has 12 heteroatoms. The number of amides is 1. The average molecular weight is 391 g/mol. The Morgan fingerprint density at radius 3 is 2.56 bits per heavy atom. The van der Waals surface area contributed by atoms with Gasteiger partial charge in [0.2, 0.25) is 0 Å². The lowest BCUT2D eigenvalue weighted by molar-refractivity contribution is -0.384. The SMILES string of the molecule is O=C(COC(=O)c1cc([N+](=O)[O-])ccc1N1CCOCC1)NCC(F)(F)F. The highest BCUT2D eigenvalue weighted by atomic mass is 19.4. The van der Waals surface area contributed by atoms with Crippen molar-refractivity contribution in [1.29, 1.82) is 0 Å². The zero-order valence-electron chi connectivity index (χ0n) is 14.0. The van der Waals surface area contributed by atoms with Gasteiger partial charge < -0.3 is 19.7 Å². The summed E-state index contributed by atoms with van der Waals surface area (Å²) in [6.07, 6.45) is -4.59. The van der Waals surface area contributed by atoms with Crippen LogP contribution in [0.25, 0.3) is 0 Å². The molecule has 9 nitrogen and oxygen atoms in total. The molecule has 0 radical (unpaired) electrons. The van der Waals surface area contributed by atoms with Crippen molar-refractivity contribution < 1.29 is 37.2 Å². The predicted octanol–water partition coefficient (Wildman–Crippen LogP) is 1.27. The number of nitro groups is 1. The molecule has 2 rings (SSSR count). The summed E-state index contributed by atoms with van der Waals surface area (Å²) in [4.78, 5) is 35.7. The predicted molar refractivity (Wildman–Crippen MR) is 85.5 cm³/mol. The van der Waals surface area contributed by atoms with Crippen molar-refractivity contribution in [3.63, 3.8) is 0 Å². The van der Waals surface area contributed by atoms with E-state index >= 15 is 0 Å². The summed E-state index contributed by atoms with van der Waals surface area (Å²) in [6.45, 7) is -0.843. The van der Waals surface area contributed by atoms with Crippen LogP contribution in [0, 0.1) is 10.1 Å². The molecule has 1 N–H and O–H groups in total. The number of ether oxygens (including phenoxy) is 2. The Morgan fingerprint density at radius 1 is 1.30 bits per heavy atom. The maximum atomic E-state index is 12.3. The highest BCUT2D eigenvalue weighted by Gasteiger charge is 2.28. The molecule has 0 unspecified atom stereocenters. The van der Waals surface area contributed by atoms with E-state index in [4.69, 9.17) is 9.47 Å². The highest BCUT2D eigenvalue weighted by Crippen LogP contribution is 2.27. The molecule has 0 atom stereocenters. The highest BCUT2D eigenvalue weighted by molar-refractivity contribution is 5.97. The third-order valence-electron chi connectivity index (χ3n) is 3.58. The van der Waals surface area contributed by atoms with Crippen LogP contribution in [0.3, 0.4) is 0 Å². The number of nitrogens with one attached hydrogen (secondary N) is 1. The summed E-state index contributed by atoms with van der Waals surface area (Å²) in [5, 5.41) is 12.5. The number of carbonyl (C=O) groups excluding carboxylic acids is 2. The molecule has 148 valence electrons. The Balaban J connectivity index is 2.11. The van der Waals surface area contributed by atoms with Crippen LogP contribution in [0.4, 0.5) is 24.5 Å². The monoisotopic (exact) mass is 391 g/mol. The van der Waals surface area contributed by atoms with Crippen LogP contribution in [0.15, 0.2) is 18.2 Å². The van der Waals surface area contributed by atoms with Crippen LogP contribution in [-0.2, 0) is 14.3 Å². The zero-order chi connectivity index (χ0) is 20.0. The second-order valence-corrected chi connectivity index (χ2v) is 5.53. The van der Waals surface area contributed by atoms with Gasteiger partial charge in [0.15, 0.2) is 6.61 Å². The van der Waals surface area contributed by atoms with Gasteiger partial charge in [0.05, 0.1) is 29.4 Å². The number of benzene rings is 1. The first-order valence-corrected chi connectivity index (χ1v) is 7.79. The van der Waals surface area contributed by atoms with Gasteiger partial charge >= 0.3 is 12.1 Å². The first-order chi connectivity index (χ1) is 12.7. The molecule has 1 aromatic carbocycles. The first kappa shape index (κ1) is 20.4. The summed E-state index contributed by atoms with van der Waals surface area (Å²) in [6, 6.07) is 3.60. The molecule has 0 saturated carbocycles. The molecule has 1 fully saturated rings. The number of rotatable bonds is 6. The minimum Gasteiger partial charge on any atom is -0.452 e. The van der Waals surface area contributed by atoms with Crippen LogP contribution in [-0.4, -0.2) is 62.4 Å². The number of nitrogens with zero attached hydrogens (tertiary/aromatic N) is 2. The fourth-order valence-electron chi connectivity index (χ4n) is 2.34. The number of hydrogen-bond donors (Lipinski definition) is 1. The summed E-state index contributed by atoms with van der Waals surface area (Å²) in [5.41, 5.74) is -0.167. The van der Waals surface area contributed by atoms with E-state index < -0.39 is 36.1 Å². The number of carbonyl (C=O) groups is 2. The van der Waals surface area contributed by atoms with Crippen LogP contribution in [0.2, 0.25) is 0 Å². The number of halogens is 3. The maximum absolute atomic E-state index is 12.3. The van der Waals surface area contributed by atoms with E-state index in [0.717, 1.165) is 6.07 Å². The molecule has 0 bridgehead atoms. The first-order valence-electron chi connectivity index (χ1n) is 7.79. The van der Waals surface area contributed by atoms with E-state index in [0.29, 0.717) is 32.0 Å². The second-order valence-electron chi connectivity index (χ2n) is 5.53. The lowest BCUT2D eigenvalue weighted by atomic mass is 10.1. The van der Waals surface area contributed by atoms with Crippen LogP contribution in [0.5, 0.6) is 0 Å². The van der Waals surface area contributed by atoms with E-state index in [1.165, 1.54) is 12.1 Å². The number of anilines is 1. The Labute approximate surface area is 151 Å². The minimum atomic E-state index is -4.59. The van der Waals surface area contributed by atoms with Gasteiger partial charge in [-0.25, -0.2) is 4.79 Å². The number of hydrogen-bond acceptors (Lipinski definition) is 7. The number of non-ortho nitro benzene ring substituents is 1. The van der Waals surface area contributed by atoms with Crippen molar-refractivity contribution in [2.45, 2.75) is 6.18 Å². The molecule has 0 aliphatic carbocycles. The molecule has 0 aromatic heterocycles. The largest absolute Gasteiger partial charge is 0.452 e. The number of morpholine rings is 1. The molecule has 1 saturated heterocycles. The Kier molecular flexibility index (Phi) is 6.55.